The van der Waals surface area contributed by atoms with Gasteiger partial charge in [-0.2, -0.15) is 4.68 Å². The molecule has 0 bridgehead atoms. The third-order valence-electron chi connectivity index (χ3n) is 5.41. The summed E-state index contributed by atoms with van der Waals surface area (Å²) in [6, 6.07) is 10.2. The second kappa shape index (κ2) is 8.41. The highest BCUT2D eigenvalue weighted by Crippen LogP contribution is 2.36. The number of hydrogen-bond donors (Lipinski definition) is 1. The van der Waals surface area contributed by atoms with Gasteiger partial charge in [0, 0.05) is 25.8 Å². The molecule has 1 aromatic carbocycles. The zero-order chi connectivity index (χ0) is 22.3. The molecule has 5 rings (SSSR count). The van der Waals surface area contributed by atoms with E-state index in [0.717, 1.165) is 17.0 Å². The lowest BCUT2D eigenvalue weighted by Gasteiger charge is -2.18. The molecule has 32 heavy (non-hydrogen) atoms. The van der Waals surface area contributed by atoms with Crippen LogP contribution in [0.4, 0.5) is 5.69 Å². The van der Waals surface area contributed by atoms with Crippen molar-refractivity contribution in [2.24, 2.45) is 0 Å². The van der Waals surface area contributed by atoms with E-state index in [1.54, 1.807) is 17.5 Å². The number of sulfonamides is 1. The van der Waals surface area contributed by atoms with Gasteiger partial charge >= 0.3 is 6.01 Å². The zero-order valence-electron chi connectivity index (χ0n) is 17.4. The molecule has 0 spiro atoms. The van der Waals surface area contributed by atoms with Gasteiger partial charge in [0.15, 0.2) is 0 Å². The van der Waals surface area contributed by atoms with Crippen molar-refractivity contribution in [3.8, 4) is 11.8 Å². The quantitative estimate of drug-likeness (QED) is 0.535. The van der Waals surface area contributed by atoms with Crippen molar-refractivity contribution in [1.29, 1.82) is 0 Å². The van der Waals surface area contributed by atoms with Crippen molar-refractivity contribution in [2.45, 2.75) is 28.5 Å². The number of tetrazole rings is 1. The molecular formula is C19H22N6O5S2. The van der Waals surface area contributed by atoms with E-state index in [4.69, 9.17) is 14.2 Å². The standard InChI is InChI=1S/C19H22N6O5S2/c1-24(2)12-5-3-6-13(9-12)30-19-20-22-23-25(19)15-11-29-17-14(10-28-18(15)17)21-32(26,27)16-7-4-8-31-16/h3-9,14-15,17-18,21H,10-11H2,1-2H3. The molecule has 2 aliphatic rings. The predicted octanol–water partition coefficient (Wildman–Crippen LogP) is 1.28. The summed E-state index contributed by atoms with van der Waals surface area (Å²) in [5.74, 6) is 0.594. The van der Waals surface area contributed by atoms with Crippen molar-refractivity contribution in [3.63, 3.8) is 0 Å². The van der Waals surface area contributed by atoms with Gasteiger partial charge < -0.3 is 19.1 Å². The molecule has 2 aromatic heterocycles. The third-order valence-corrected chi connectivity index (χ3v) is 8.30. The predicted molar refractivity (Wildman–Crippen MR) is 116 cm³/mol. The topological polar surface area (TPSA) is 121 Å². The van der Waals surface area contributed by atoms with Gasteiger partial charge in [-0.25, -0.2) is 13.1 Å². The van der Waals surface area contributed by atoms with Crippen molar-refractivity contribution >= 4 is 27.0 Å². The van der Waals surface area contributed by atoms with E-state index in [0.29, 0.717) is 5.75 Å². The van der Waals surface area contributed by atoms with Crippen LogP contribution in [0, 0.1) is 0 Å². The molecule has 0 amide bonds. The number of aromatic nitrogens is 4. The molecule has 4 atom stereocenters. The van der Waals surface area contributed by atoms with Crippen molar-refractivity contribution in [3.05, 3.63) is 41.8 Å². The summed E-state index contributed by atoms with van der Waals surface area (Å²) in [6.07, 6.45) is -0.867. The van der Waals surface area contributed by atoms with Crippen LogP contribution in [-0.4, -0.2) is 74.2 Å². The summed E-state index contributed by atoms with van der Waals surface area (Å²) in [6.45, 7) is 0.464. The molecule has 0 aliphatic carbocycles. The van der Waals surface area contributed by atoms with E-state index in [1.807, 2.05) is 43.3 Å². The molecule has 2 saturated heterocycles. The van der Waals surface area contributed by atoms with E-state index >= 15 is 0 Å². The van der Waals surface area contributed by atoms with Gasteiger partial charge in [0.1, 0.15) is 28.2 Å². The minimum absolute atomic E-state index is 0.194. The highest BCUT2D eigenvalue weighted by atomic mass is 32.2. The lowest BCUT2D eigenvalue weighted by molar-refractivity contribution is 0.0615. The second-order valence-electron chi connectivity index (χ2n) is 7.72. The van der Waals surface area contributed by atoms with Gasteiger partial charge in [-0.15, -0.1) is 11.3 Å². The molecule has 0 saturated carbocycles. The lowest BCUT2D eigenvalue weighted by Crippen LogP contribution is -2.43. The smallest absolute Gasteiger partial charge is 0.341 e. The Bertz CT molecular complexity index is 1180. The number of fused-ring (bicyclic) bond motifs is 1. The molecule has 1 N–H and O–H groups in total. The van der Waals surface area contributed by atoms with Gasteiger partial charge in [0.25, 0.3) is 0 Å². The fraction of sp³-hybridized carbons (Fsp3) is 0.421. The Kier molecular flexibility index (Phi) is 5.59. The fourth-order valence-electron chi connectivity index (χ4n) is 3.85. The number of rotatable bonds is 7. The molecular weight excluding hydrogens is 456 g/mol. The fourth-order valence-corrected chi connectivity index (χ4v) is 6.10. The number of anilines is 1. The summed E-state index contributed by atoms with van der Waals surface area (Å²) in [4.78, 5) is 1.97. The maximum absolute atomic E-state index is 12.6. The lowest BCUT2D eigenvalue weighted by atomic mass is 10.1. The van der Waals surface area contributed by atoms with Crippen LogP contribution in [-0.2, 0) is 19.5 Å². The minimum Gasteiger partial charge on any atom is -0.423 e. The summed E-state index contributed by atoms with van der Waals surface area (Å²) < 4.78 is 47.5. The number of nitrogens with one attached hydrogen (secondary N) is 1. The molecule has 4 unspecified atom stereocenters. The molecule has 4 heterocycles. The summed E-state index contributed by atoms with van der Waals surface area (Å²) >= 11 is 1.16. The molecule has 0 radical (unpaired) electrons. The van der Waals surface area contributed by atoms with Crippen LogP contribution in [0.1, 0.15) is 6.04 Å². The average molecular weight is 479 g/mol. The Morgan fingerprint density at radius 1 is 1.19 bits per heavy atom. The van der Waals surface area contributed by atoms with Gasteiger partial charge in [0.05, 0.1) is 19.3 Å². The Morgan fingerprint density at radius 2 is 2.03 bits per heavy atom. The first kappa shape index (κ1) is 21.3. The third kappa shape index (κ3) is 3.97. The average Bonchev–Trinajstić information content (AvgIpc) is 3.54. The minimum atomic E-state index is -3.64. The van der Waals surface area contributed by atoms with E-state index in [-0.39, 0.29) is 29.5 Å². The van der Waals surface area contributed by atoms with Crippen molar-refractivity contribution in [2.75, 3.05) is 32.2 Å². The summed E-state index contributed by atoms with van der Waals surface area (Å²) in [5, 5.41) is 13.6. The summed E-state index contributed by atoms with van der Waals surface area (Å²) in [5.41, 5.74) is 0.978. The Hall–Kier alpha value is -2.58. The number of ether oxygens (including phenoxy) is 3. The van der Waals surface area contributed by atoms with Crippen LogP contribution in [0.25, 0.3) is 0 Å². The first-order valence-electron chi connectivity index (χ1n) is 9.94. The Morgan fingerprint density at radius 3 is 2.81 bits per heavy atom. The molecule has 13 heteroatoms. The van der Waals surface area contributed by atoms with Gasteiger partial charge in [-0.1, -0.05) is 17.2 Å². The van der Waals surface area contributed by atoms with Gasteiger partial charge in [-0.3, -0.25) is 0 Å². The monoisotopic (exact) mass is 478 g/mol. The second-order valence-corrected chi connectivity index (χ2v) is 10.6. The van der Waals surface area contributed by atoms with E-state index < -0.39 is 28.3 Å². The normalized spacial score (nSPS) is 25.1. The van der Waals surface area contributed by atoms with E-state index in [2.05, 4.69) is 20.2 Å². The maximum atomic E-state index is 12.6. The maximum Gasteiger partial charge on any atom is 0.341 e. The van der Waals surface area contributed by atoms with E-state index in [9.17, 15) is 8.42 Å². The summed E-state index contributed by atoms with van der Waals surface area (Å²) in [7, 11) is 0.251. The molecule has 170 valence electrons. The number of hydrogen-bond acceptors (Lipinski definition) is 10. The largest absolute Gasteiger partial charge is 0.423 e. The van der Waals surface area contributed by atoms with Crippen LogP contribution in [0.2, 0.25) is 0 Å². The number of nitrogens with zero attached hydrogens (tertiary/aromatic N) is 5. The highest BCUT2D eigenvalue weighted by molar-refractivity contribution is 7.91. The number of benzene rings is 1. The van der Waals surface area contributed by atoms with Gasteiger partial charge in [0.2, 0.25) is 10.0 Å². The zero-order valence-corrected chi connectivity index (χ0v) is 19.0. The van der Waals surface area contributed by atoms with Crippen molar-refractivity contribution < 1.29 is 22.6 Å². The Balaban J connectivity index is 1.31. The SMILES string of the molecule is CN(C)c1cccc(Oc2nnnn2C2COC3C(NS(=O)(=O)c4cccs4)COC32)c1. The van der Waals surface area contributed by atoms with Crippen LogP contribution in [0.5, 0.6) is 11.8 Å². The first-order chi connectivity index (χ1) is 15.4. The molecule has 11 nitrogen and oxygen atoms in total. The molecule has 2 fully saturated rings. The molecule has 2 aliphatic heterocycles. The molecule has 3 aromatic rings. The van der Waals surface area contributed by atoms with Crippen LogP contribution in [0.15, 0.2) is 46.0 Å². The van der Waals surface area contributed by atoms with E-state index in [1.165, 1.54) is 4.68 Å². The Labute approximate surface area is 188 Å². The first-order valence-corrected chi connectivity index (χ1v) is 12.3. The highest BCUT2D eigenvalue weighted by Gasteiger charge is 2.51. The van der Waals surface area contributed by atoms with Crippen molar-refractivity contribution in [1.82, 2.24) is 24.9 Å². The van der Waals surface area contributed by atoms with Crippen LogP contribution < -0.4 is 14.4 Å². The van der Waals surface area contributed by atoms with Crippen LogP contribution in [0.3, 0.4) is 0 Å². The number of thiophene rings is 1. The van der Waals surface area contributed by atoms with Crippen LogP contribution >= 0.6 is 11.3 Å². The van der Waals surface area contributed by atoms with Gasteiger partial charge in [-0.05, 0) is 34.0 Å².